The number of nitrogens with zero attached hydrogens (tertiary/aromatic N) is 1. The summed E-state index contributed by atoms with van der Waals surface area (Å²) >= 11 is 0. The largest absolute Gasteiger partial charge is 0.302 e. The van der Waals surface area contributed by atoms with Gasteiger partial charge in [-0.25, -0.2) is 12.7 Å². The lowest BCUT2D eigenvalue weighted by molar-refractivity contribution is -0.136. The van der Waals surface area contributed by atoms with Crippen LogP contribution in [0, 0.1) is 5.41 Å². The molecule has 6 heteroatoms. The summed E-state index contributed by atoms with van der Waals surface area (Å²) in [5.74, 6) is -0.188. The smallest absolute Gasteiger partial charge is 0.211 e. The minimum absolute atomic E-state index is 0.0336. The zero-order valence-corrected chi connectivity index (χ0v) is 9.00. The Morgan fingerprint density at radius 2 is 2.07 bits per heavy atom. The normalized spacial score (nSPS) is 30.3. The van der Waals surface area contributed by atoms with Crippen molar-refractivity contribution >= 4 is 22.1 Å². The third-order valence-electron chi connectivity index (χ3n) is 2.46. The van der Waals surface area contributed by atoms with Crippen LogP contribution in [0.4, 0.5) is 0 Å². The number of aldehydes is 1. The van der Waals surface area contributed by atoms with Gasteiger partial charge in [-0.1, -0.05) is 0 Å². The Balaban J connectivity index is 2.93. The molecule has 0 spiro atoms. The molecule has 1 saturated heterocycles. The van der Waals surface area contributed by atoms with Crippen molar-refractivity contribution in [2.24, 2.45) is 5.41 Å². The highest BCUT2D eigenvalue weighted by Gasteiger charge is 2.41. The molecular weight excluding hydrogens is 206 g/mol. The number of ketones is 1. The van der Waals surface area contributed by atoms with Gasteiger partial charge in [-0.3, -0.25) is 4.79 Å². The number of hydrogen-bond donors (Lipinski definition) is 0. The lowest BCUT2D eigenvalue weighted by atomic mass is 9.83. The average Bonchev–Trinajstić information content (AvgIpc) is 2.08. The molecule has 0 saturated carbocycles. The monoisotopic (exact) mass is 219 g/mol. The van der Waals surface area contributed by atoms with Crippen LogP contribution in [0.15, 0.2) is 0 Å². The summed E-state index contributed by atoms with van der Waals surface area (Å²) in [4.78, 5) is 22.1. The highest BCUT2D eigenvalue weighted by atomic mass is 32.2. The number of carbonyl (C=O) groups is 2. The van der Waals surface area contributed by atoms with E-state index in [2.05, 4.69) is 0 Å². The number of carbonyl (C=O) groups excluding carboxylic acids is 2. The quantitative estimate of drug-likeness (QED) is 0.460. The Hall–Kier alpha value is -0.750. The van der Waals surface area contributed by atoms with Crippen LogP contribution in [0.2, 0.25) is 0 Å². The van der Waals surface area contributed by atoms with E-state index in [1.807, 2.05) is 0 Å². The Bertz CT molecular complexity index is 362. The third kappa shape index (κ3) is 2.01. The number of piperidine rings is 1. The van der Waals surface area contributed by atoms with E-state index in [9.17, 15) is 18.0 Å². The summed E-state index contributed by atoms with van der Waals surface area (Å²) in [7, 11) is -3.31. The summed E-state index contributed by atoms with van der Waals surface area (Å²) in [5, 5.41) is 0. The predicted molar refractivity (Wildman–Crippen MR) is 50.2 cm³/mol. The second kappa shape index (κ2) is 3.43. The molecule has 0 amide bonds. The van der Waals surface area contributed by atoms with E-state index in [0.717, 1.165) is 6.26 Å². The van der Waals surface area contributed by atoms with Crippen LogP contribution in [0.25, 0.3) is 0 Å². The topological polar surface area (TPSA) is 71.5 Å². The van der Waals surface area contributed by atoms with Crippen LogP contribution in [-0.4, -0.2) is 44.1 Å². The van der Waals surface area contributed by atoms with Crippen molar-refractivity contribution in [3.05, 3.63) is 0 Å². The van der Waals surface area contributed by atoms with Gasteiger partial charge >= 0.3 is 0 Å². The molecule has 1 rings (SSSR count). The van der Waals surface area contributed by atoms with Gasteiger partial charge in [0.25, 0.3) is 0 Å². The minimum Gasteiger partial charge on any atom is -0.302 e. The number of sulfonamides is 1. The summed E-state index contributed by atoms with van der Waals surface area (Å²) in [6.07, 6.45) is 1.73. The van der Waals surface area contributed by atoms with E-state index < -0.39 is 15.4 Å². The zero-order chi connectivity index (χ0) is 11.0. The first-order chi connectivity index (χ1) is 6.29. The molecule has 1 aliphatic rings. The van der Waals surface area contributed by atoms with E-state index in [-0.39, 0.29) is 25.3 Å². The Labute approximate surface area is 83.1 Å². The van der Waals surface area contributed by atoms with Crippen molar-refractivity contribution in [3.63, 3.8) is 0 Å². The first-order valence-corrected chi connectivity index (χ1v) is 6.09. The predicted octanol–water partition coefficient (Wildman–Crippen LogP) is -0.574. The Morgan fingerprint density at radius 1 is 1.50 bits per heavy atom. The molecule has 0 N–H and O–H groups in total. The maximum absolute atomic E-state index is 11.4. The molecule has 14 heavy (non-hydrogen) atoms. The second-order valence-corrected chi connectivity index (χ2v) is 5.79. The summed E-state index contributed by atoms with van der Waals surface area (Å²) in [5.41, 5.74) is -1.17. The van der Waals surface area contributed by atoms with Gasteiger partial charge in [0.05, 0.1) is 11.7 Å². The van der Waals surface area contributed by atoms with Crippen LogP contribution in [-0.2, 0) is 19.6 Å². The molecule has 5 nitrogen and oxygen atoms in total. The highest BCUT2D eigenvalue weighted by Crippen LogP contribution is 2.25. The molecule has 0 aliphatic carbocycles. The fourth-order valence-corrected chi connectivity index (χ4v) is 2.36. The first kappa shape index (κ1) is 11.3. The van der Waals surface area contributed by atoms with Crippen molar-refractivity contribution in [1.82, 2.24) is 4.31 Å². The van der Waals surface area contributed by atoms with Crippen molar-refractivity contribution in [3.8, 4) is 0 Å². The zero-order valence-electron chi connectivity index (χ0n) is 8.19. The summed E-state index contributed by atoms with van der Waals surface area (Å²) in [6.45, 7) is 1.62. The molecule has 1 atom stereocenters. The van der Waals surface area contributed by atoms with Crippen LogP contribution in [0.1, 0.15) is 13.3 Å². The summed E-state index contributed by atoms with van der Waals surface area (Å²) in [6, 6.07) is 0. The van der Waals surface area contributed by atoms with Crippen molar-refractivity contribution in [2.45, 2.75) is 13.3 Å². The third-order valence-corrected chi connectivity index (χ3v) is 3.71. The number of rotatable bonds is 2. The lowest BCUT2D eigenvalue weighted by Crippen LogP contribution is -2.50. The molecule has 1 fully saturated rings. The van der Waals surface area contributed by atoms with Crippen molar-refractivity contribution < 1.29 is 18.0 Å². The van der Waals surface area contributed by atoms with Gasteiger partial charge in [0.2, 0.25) is 10.0 Å². The Morgan fingerprint density at radius 3 is 2.50 bits per heavy atom. The van der Waals surface area contributed by atoms with Gasteiger partial charge in [0.15, 0.2) is 0 Å². The van der Waals surface area contributed by atoms with Gasteiger partial charge in [-0.05, 0) is 6.92 Å². The van der Waals surface area contributed by atoms with Gasteiger partial charge in [-0.15, -0.1) is 0 Å². The standard InChI is InChI=1S/C8H13NO4S/c1-8(6-10)5-9(14(2,12)13)4-3-7(8)11/h6H,3-5H2,1-2H3. The fourth-order valence-electron chi connectivity index (χ4n) is 1.43. The lowest BCUT2D eigenvalue weighted by Gasteiger charge is -2.33. The van der Waals surface area contributed by atoms with E-state index in [0.29, 0.717) is 6.29 Å². The molecular formula is C8H13NO4S. The molecule has 0 aromatic carbocycles. The van der Waals surface area contributed by atoms with E-state index in [4.69, 9.17) is 0 Å². The number of hydrogen-bond acceptors (Lipinski definition) is 4. The van der Waals surface area contributed by atoms with Crippen LogP contribution < -0.4 is 0 Å². The number of Topliss-reactive ketones (excluding diaryl/α,β-unsaturated/α-hetero) is 1. The van der Waals surface area contributed by atoms with E-state index in [1.165, 1.54) is 11.2 Å². The first-order valence-electron chi connectivity index (χ1n) is 4.24. The SMILES string of the molecule is CC1(C=O)CN(S(C)(=O)=O)CCC1=O. The molecule has 0 aromatic rings. The second-order valence-electron chi connectivity index (χ2n) is 3.81. The van der Waals surface area contributed by atoms with Gasteiger partial charge in [-0.2, -0.15) is 0 Å². The van der Waals surface area contributed by atoms with Crippen molar-refractivity contribution in [2.75, 3.05) is 19.3 Å². The van der Waals surface area contributed by atoms with Crippen LogP contribution >= 0.6 is 0 Å². The van der Waals surface area contributed by atoms with E-state index in [1.54, 1.807) is 0 Å². The molecule has 0 aromatic heterocycles. The van der Waals surface area contributed by atoms with Crippen LogP contribution in [0.3, 0.4) is 0 Å². The van der Waals surface area contributed by atoms with Crippen molar-refractivity contribution in [1.29, 1.82) is 0 Å². The fraction of sp³-hybridized carbons (Fsp3) is 0.750. The average molecular weight is 219 g/mol. The molecule has 1 heterocycles. The van der Waals surface area contributed by atoms with Gasteiger partial charge in [0.1, 0.15) is 12.1 Å². The molecule has 1 unspecified atom stereocenters. The Kier molecular flexibility index (Phi) is 2.78. The van der Waals surface area contributed by atoms with E-state index >= 15 is 0 Å². The maximum atomic E-state index is 11.4. The molecule has 80 valence electrons. The van der Waals surface area contributed by atoms with Gasteiger partial charge < -0.3 is 4.79 Å². The molecule has 0 bridgehead atoms. The maximum Gasteiger partial charge on any atom is 0.211 e. The molecule has 1 aliphatic heterocycles. The molecule has 0 radical (unpaired) electrons. The van der Waals surface area contributed by atoms with Gasteiger partial charge in [0, 0.05) is 19.5 Å². The van der Waals surface area contributed by atoms with Crippen LogP contribution in [0.5, 0.6) is 0 Å². The highest BCUT2D eigenvalue weighted by molar-refractivity contribution is 7.88. The summed E-state index contributed by atoms with van der Waals surface area (Å²) < 4.78 is 23.6. The minimum atomic E-state index is -3.31.